The summed E-state index contributed by atoms with van der Waals surface area (Å²) < 4.78 is 2.07. The Bertz CT molecular complexity index is 712. The predicted octanol–water partition coefficient (Wildman–Crippen LogP) is 2.14. The van der Waals surface area contributed by atoms with Crippen molar-refractivity contribution in [3.8, 4) is 0 Å². The van der Waals surface area contributed by atoms with Crippen molar-refractivity contribution in [2.75, 3.05) is 5.73 Å². The van der Waals surface area contributed by atoms with Crippen LogP contribution in [0.15, 0.2) is 18.5 Å². The molecule has 0 aliphatic carbocycles. The Morgan fingerprint density at radius 3 is 2.72 bits per heavy atom. The highest BCUT2D eigenvalue weighted by atomic mass is 32.1. The fourth-order valence-corrected chi connectivity index (χ4v) is 2.52. The van der Waals surface area contributed by atoms with Crippen molar-refractivity contribution in [2.45, 2.75) is 20.4 Å². The zero-order valence-corrected chi connectivity index (χ0v) is 11.0. The van der Waals surface area contributed by atoms with E-state index in [1.54, 1.807) is 0 Å². The quantitative estimate of drug-likeness (QED) is 0.765. The smallest absolute Gasteiger partial charge is 0.203 e. The number of fused-ring (bicyclic) bond motifs is 1. The summed E-state index contributed by atoms with van der Waals surface area (Å²) in [5.41, 5.74) is 10.2. The minimum atomic E-state index is 0.501. The molecule has 0 saturated heterocycles. The van der Waals surface area contributed by atoms with Crippen molar-refractivity contribution < 1.29 is 0 Å². The van der Waals surface area contributed by atoms with Gasteiger partial charge in [-0.2, -0.15) is 0 Å². The summed E-state index contributed by atoms with van der Waals surface area (Å²) in [7, 11) is 0. The summed E-state index contributed by atoms with van der Waals surface area (Å²) in [4.78, 5) is 4.41. The minimum Gasteiger partial charge on any atom is -0.374 e. The number of nitrogens with two attached hydrogens (primary N) is 1. The average Bonchev–Trinajstić information content (AvgIpc) is 2.89. The maximum absolute atomic E-state index is 5.58. The Kier molecular flexibility index (Phi) is 2.52. The van der Waals surface area contributed by atoms with Crippen molar-refractivity contribution in [2.24, 2.45) is 0 Å². The van der Waals surface area contributed by atoms with E-state index in [9.17, 15) is 0 Å². The van der Waals surface area contributed by atoms with E-state index in [-0.39, 0.29) is 0 Å². The van der Waals surface area contributed by atoms with Gasteiger partial charge in [-0.15, -0.1) is 10.2 Å². The van der Waals surface area contributed by atoms with Gasteiger partial charge in [0.1, 0.15) is 5.01 Å². The van der Waals surface area contributed by atoms with Crippen molar-refractivity contribution in [1.82, 2.24) is 19.7 Å². The number of nitrogen functional groups attached to an aromatic ring is 1. The van der Waals surface area contributed by atoms with Crippen LogP contribution in [0.25, 0.3) is 11.0 Å². The average molecular weight is 259 g/mol. The third-order valence-corrected chi connectivity index (χ3v) is 3.76. The molecule has 0 aliphatic heterocycles. The lowest BCUT2D eigenvalue weighted by Gasteiger charge is -2.03. The molecule has 0 radical (unpaired) electrons. The van der Waals surface area contributed by atoms with E-state index in [4.69, 9.17) is 5.73 Å². The lowest BCUT2D eigenvalue weighted by molar-refractivity contribution is 0.800. The van der Waals surface area contributed by atoms with Gasteiger partial charge in [-0.05, 0) is 37.1 Å². The van der Waals surface area contributed by atoms with Crippen LogP contribution in [0.2, 0.25) is 0 Å². The standard InChI is InChI=1S/C12H13N5S/c1-7-3-9-10(4-8(7)2)17(6-14-9)5-11-15-16-12(13)18-11/h3-4,6H,5H2,1-2H3,(H2,13,16). The van der Waals surface area contributed by atoms with Gasteiger partial charge in [0.05, 0.1) is 23.9 Å². The molecule has 6 heteroatoms. The fraction of sp³-hybridized carbons (Fsp3) is 0.250. The number of hydrogen-bond donors (Lipinski definition) is 1. The summed E-state index contributed by atoms with van der Waals surface area (Å²) in [6.07, 6.45) is 1.83. The summed E-state index contributed by atoms with van der Waals surface area (Å²) in [5.74, 6) is 0. The second-order valence-electron chi connectivity index (χ2n) is 4.33. The molecular weight excluding hydrogens is 246 g/mol. The summed E-state index contributed by atoms with van der Waals surface area (Å²) in [6, 6.07) is 4.26. The number of nitrogens with zero attached hydrogens (tertiary/aromatic N) is 4. The van der Waals surface area contributed by atoms with Crippen molar-refractivity contribution in [1.29, 1.82) is 0 Å². The second kappa shape index (κ2) is 4.06. The Morgan fingerprint density at radius 2 is 2.00 bits per heavy atom. The van der Waals surface area contributed by atoms with E-state index in [0.29, 0.717) is 11.7 Å². The first-order chi connectivity index (χ1) is 8.63. The molecule has 0 unspecified atom stereocenters. The molecule has 5 nitrogen and oxygen atoms in total. The first kappa shape index (κ1) is 11.2. The largest absolute Gasteiger partial charge is 0.374 e. The summed E-state index contributed by atoms with van der Waals surface area (Å²) in [5, 5.41) is 9.25. The summed E-state index contributed by atoms with van der Waals surface area (Å²) >= 11 is 1.41. The molecule has 2 aromatic heterocycles. The van der Waals surface area contributed by atoms with Crippen LogP contribution in [0, 0.1) is 13.8 Å². The van der Waals surface area contributed by atoms with E-state index in [0.717, 1.165) is 16.0 Å². The molecule has 18 heavy (non-hydrogen) atoms. The number of anilines is 1. The second-order valence-corrected chi connectivity index (χ2v) is 5.43. The van der Waals surface area contributed by atoms with Crippen LogP contribution in [-0.4, -0.2) is 19.7 Å². The first-order valence-corrected chi connectivity index (χ1v) is 6.45. The van der Waals surface area contributed by atoms with Gasteiger partial charge in [-0.3, -0.25) is 0 Å². The van der Waals surface area contributed by atoms with Gasteiger partial charge in [-0.25, -0.2) is 4.98 Å². The molecular formula is C12H13N5S. The fourth-order valence-electron chi connectivity index (χ4n) is 1.92. The first-order valence-electron chi connectivity index (χ1n) is 5.63. The van der Waals surface area contributed by atoms with Crippen molar-refractivity contribution in [3.05, 3.63) is 34.6 Å². The Balaban J connectivity index is 2.04. The number of benzene rings is 1. The molecule has 0 atom stereocenters. The highest BCUT2D eigenvalue weighted by Gasteiger charge is 2.08. The minimum absolute atomic E-state index is 0.501. The third-order valence-electron chi connectivity index (χ3n) is 3.02. The highest BCUT2D eigenvalue weighted by Crippen LogP contribution is 2.20. The van der Waals surface area contributed by atoms with Gasteiger partial charge in [0.15, 0.2) is 0 Å². The molecule has 0 bridgehead atoms. The number of hydrogen-bond acceptors (Lipinski definition) is 5. The maximum atomic E-state index is 5.58. The Labute approximate surface area is 108 Å². The number of rotatable bonds is 2. The molecule has 3 rings (SSSR count). The topological polar surface area (TPSA) is 69.6 Å². The van der Waals surface area contributed by atoms with Crippen LogP contribution < -0.4 is 5.73 Å². The predicted molar refractivity (Wildman–Crippen MR) is 72.6 cm³/mol. The molecule has 0 amide bonds. The van der Waals surface area contributed by atoms with Crippen LogP contribution in [0.5, 0.6) is 0 Å². The number of imidazole rings is 1. The van der Waals surface area contributed by atoms with Crippen LogP contribution in [0.3, 0.4) is 0 Å². The van der Waals surface area contributed by atoms with Gasteiger partial charge in [0.2, 0.25) is 5.13 Å². The monoisotopic (exact) mass is 259 g/mol. The Morgan fingerprint density at radius 1 is 1.22 bits per heavy atom. The molecule has 0 saturated carbocycles. The molecule has 2 heterocycles. The van der Waals surface area contributed by atoms with Crippen LogP contribution in [0.1, 0.15) is 16.1 Å². The van der Waals surface area contributed by atoms with E-state index < -0.39 is 0 Å². The number of aromatic nitrogens is 4. The van der Waals surface area contributed by atoms with Gasteiger partial charge < -0.3 is 10.3 Å². The highest BCUT2D eigenvalue weighted by molar-refractivity contribution is 7.15. The lowest BCUT2D eigenvalue weighted by atomic mass is 10.1. The number of aryl methyl sites for hydroxylation is 2. The van der Waals surface area contributed by atoms with Crippen LogP contribution in [-0.2, 0) is 6.54 Å². The molecule has 2 N–H and O–H groups in total. The lowest BCUT2D eigenvalue weighted by Crippen LogP contribution is -1.97. The van der Waals surface area contributed by atoms with E-state index in [2.05, 4.69) is 45.7 Å². The van der Waals surface area contributed by atoms with Gasteiger partial charge in [-0.1, -0.05) is 11.3 Å². The Hall–Kier alpha value is -1.95. The molecule has 0 fully saturated rings. The van der Waals surface area contributed by atoms with Crippen LogP contribution in [0.4, 0.5) is 5.13 Å². The van der Waals surface area contributed by atoms with E-state index in [1.807, 2.05) is 6.33 Å². The molecule has 0 aliphatic rings. The van der Waals surface area contributed by atoms with Crippen molar-refractivity contribution in [3.63, 3.8) is 0 Å². The van der Waals surface area contributed by atoms with Crippen LogP contribution >= 0.6 is 11.3 Å². The molecule has 92 valence electrons. The van der Waals surface area contributed by atoms with Gasteiger partial charge >= 0.3 is 0 Å². The van der Waals surface area contributed by atoms with Gasteiger partial charge in [0.25, 0.3) is 0 Å². The summed E-state index contributed by atoms with van der Waals surface area (Å²) in [6.45, 7) is 4.86. The normalized spacial score (nSPS) is 11.2. The molecule has 3 aromatic rings. The van der Waals surface area contributed by atoms with E-state index >= 15 is 0 Å². The van der Waals surface area contributed by atoms with E-state index in [1.165, 1.54) is 22.5 Å². The zero-order valence-electron chi connectivity index (χ0n) is 10.2. The zero-order chi connectivity index (χ0) is 12.7. The van der Waals surface area contributed by atoms with Crippen molar-refractivity contribution >= 4 is 27.5 Å². The SMILES string of the molecule is Cc1cc2ncn(Cc3nnc(N)s3)c2cc1C. The molecule has 0 spiro atoms. The molecule has 1 aromatic carbocycles. The van der Waals surface area contributed by atoms with Gasteiger partial charge in [0, 0.05) is 0 Å². The third kappa shape index (κ3) is 1.84. The maximum Gasteiger partial charge on any atom is 0.203 e.